The summed E-state index contributed by atoms with van der Waals surface area (Å²) in [6, 6.07) is 5.48. The van der Waals surface area contributed by atoms with Crippen LogP contribution in [-0.2, 0) is 0 Å². The van der Waals surface area contributed by atoms with Crippen molar-refractivity contribution in [3.63, 3.8) is 0 Å². The van der Waals surface area contributed by atoms with Crippen LogP contribution in [0.5, 0.6) is 5.75 Å². The van der Waals surface area contributed by atoms with E-state index in [0.717, 1.165) is 0 Å². The highest BCUT2D eigenvalue weighted by atomic mass is 19.3. The van der Waals surface area contributed by atoms with Crippen LogP contribution in [0.2, 0.25) is 0 Å². The van der Waals surface area contributed by atoms with Gasteiger partial charge in [-0.25, -0.2) is 0 Å². The van der Waals surface area contributed by atoms with Gasteiger partial charge in [0.05, 0.1) is 6.54 Å². The minimum Gasteiger partial charge on any atom is -0.435 e. The number of amides is 1. The minimum atomic E-state index is -2.91. The third-order valence-corrected chi connectivity index (χ3v) is 1.67. The van der Waals surface area contributed by atoms with Crippen molar-refractivity contribution in [2.75, 3.05) is 6.54 Å². The number of hydrogen-bond acceptors (Lipinski definition) is 2. The Kier molecular flexibility index (Phi) is 4.28. The SMILES string of the molecule is C#CCNC(=O)c1cccc(OC(F)F)c1. The van der Waals surface area contributed by atoms with Gasteiger partial charge in [-0.2, -0.15) is 8.78 Å². The van der Waals surface area contributed by atoms with E-state index in [1.807, 2.05) is 0 Å². The molecule has 5 heteroatoms. The summed E-state index contributed by atoms with van der Waals surface area (Å²) in [5, 5.41) is 2.41. The Morgan fingerprint density at radius 1 is 1.56 bits per heavy atom. The smallest absolute Gasteiger partial charge is 0.387 e. The minimum absolute atomic E-state index is 0.0663. The van der Waals surface area contributed by atoms with Crippen LogP contribution < -0.4 is 10.1 Å². The van der Waals surface area contributed by atoms with Crippen LogP contribution in [0.3, 0.4) is 0 Å². The molecular formula is C11H9F2NO2. The normalized spacial score (nSPS) is 9.62. The zero-order valence-corrected chi connectivity index (χ0v) is 8.24. The number of nitrogens with one attached hydrogen (secondary N) is 1. The van der Waals surface area contributed by atoms with E-state index < -0.39 is 12.5 Å². The van der Waals surface area contributed by atoms with E-state index in [4.69, 9.17) is 6.42 Å². The fraction of sp³-hybridized carbons (Fsp3) is 0.182. The summed E-state index contributed by atoms with van der Waals surface area (Å²) < 4.78 is 28.0. The standard InChI is InChI=1S/C11H9F2NO2/c1-2-6-14-10(15)8-4-3-5-9(7-8)16-11(12)13/h1,3-5,7,11H,6H2,(H,14,15). The van der Waals surface area contributed by atoms with Crippen LogP contribution in [0.25, 0.3) is 0 Å². The number of hydrogen-bond donors (Lipinski definition) is 1. The molecule has 0 bridgehead atoms. The number of benzene rings is 1. The molecule has 0 saturated carbocycles. The Balaban J connectivity index is 2.74. The van der Waals surface area contributed by atoms with Crippen molar-refractivity contribution in [3.8, 4) is 18.1 Å². The van der Waals surface area contributed by atoms with Crippen molar-refractivity contribution in [2.24, 2.45) is 0 Å². The van der Waals surface area contributed by atoms with Gasteiger partial charge in [-0.1, -0.05) is 12.0 Å². The second-order valence-corrected chi connectivity index (χ2v) is 2.79. The zero-order chi connectivity index (χ0) is 12.0. The first-order valence-electron chi connectivity index (χ1n) is 4.40. The van der Waals surface area contributed by atoms with E-state index in [0.29, 0.717) is 0 Å². The fourth-order valence-corrected chi connectivity index (χ4v) is 1.05. The molecule has 0 aliphatic rings. The lowest BCUT2D eigenvalue weighted by Gasteiger charge is -2.06. The first-order chi connectivity index (χ1) is 7.63. The molecule has 0 heterocycles. The maximum Gasteiger partial charge on any atom is 0.387 e. The quantitative estimate of drug-likeness (QED) is 0.791. The van der Waals surface area contributed by atoms with Crippen LogP contribution in [-0.4, -0.2) is 19.1 Å². The van der Waals surface area contributed by atoms with Crippen LogP contribution in [0.4, 0.5) is 8.78 Å². The molecule has 84 valence electrons. The van der Waals surface area contributed by atoms with Gasteiger partial charge in [-0.15, -0.1) is 6.42 Å². The Labute approximate surface area is 91.4 Å². The van der Waals surface area contributed by atoms with Gasteiger partial charge in [-0.05, 0) is 18.2 Å². The van der Waals surface area contributed by atoms with Crippen LogP contribution in [0.1, 0.15) is 10.4 Å². The molecule has 1 amide bonds. The van der Waals surface area contributed by atoms with Crippen LogP contribution >= 0.6 is 0 Å². The molecule has 1 aromatic rings. The second kappa shape index (κ2) is 5.71. The maximum atomic E-state index is 11.9. The van der Waals surface area contributed by atoms with Crippen molar-refractivity contribution < 1.29 is 18.3 Å². The molecule has 1 aromatic carbocycles. The lowest BCUT2D eigenvalue weighted by Crippen LogP contribution is -2.23. The predicted octanol–water partition coefficient (Wildman–Crippen LogP) is 1.65. The summed E-state index contributed by atoms with van der Waals surface area (Å²) in [5.74, 6) is 1.73. The zero-order valence-electron chi connectivity index (χ0n) is 8.24. The van der Waals surface area contributed by atoms with Gasteiger partial charge in [0.25, 0.3) is 5.91 Å². The van der Waals surface area contributed by atoms with E-state index in [1.54, 1.807) is 0 Å². The molecule has 1 N–H and O–H groups in total. The molecule has 3 nitrogen and oxygen atoms in total. The first kappa shape index (κ1) is 12.0. The molecule has 0 unspecified atom stereocenters. The first-order valence-corrected chi connectivity index (χ1v) is 4.40. The molecule has 0 aliphatic heterocycles. The molecule has 1 rings (SSSR count). The van der Waals surface area contributed by atoms with Crippen LogP contribution in [0, 0.1) is 12.3 Å². The topological polar surface area (TPSA) is 38.3 Å². The Bertz CT molecular complexity index is 413. The van der Waals surface area contributed by atoms with Crippen molar-refractivity contribution in [1.82, 2.24) is 5.32 Å². The predicted molar refractivity (Wildman–Crippen MR) is 54.2 cm³/mol. The summed E-state index contributed by atoms with van der Waals surface area (Å²) in [4.78, 5) is 11.4. The maximum absolute atomic E-state index is 11.9. The number of terminal acetylenes is 1. The van der Waals surface area contributed by atoms with Gasteiger partial charge in [-0.3, -0.25) is 4.79 Å². The molecule has 0 saturated heterocycles. The fourth-order valence-electron chi connectivity index (χ4n) is 1.05. The number of ether oxygens (including phenoxy) is 1. The monoisotopic (exact) mass is 225 g/mol. The average Bonchev–Trinajstić information content (AvgIpc) is 2.25. The Hall–Kier alpha value is -2.09. The average molecular weight is 225 g/mol. The molecular weight excluding hydrogens is 216 g/mol. The van der Waals surface area contributed by atoms with Gasteiger partial charge in [0.2, 0.25) is 0 Å². The summed E-state index contributed by atoms with van der Waals surface area (Å²) >= 11 is 0. The van der Waals surface area contributed by atoms with E-state index in [1.165, 1.54) is 24.3 Å². The number of rotatable bonds is 4. The van der Waals surface area contributed by atoms with Crippen molar-refractivity contribution in [3.05, 3.63) is 29.8 Å². The molecule has 0 aromatic heterocycles. The van der Waals surface area contributed by atoms with E-state index in [-0.39, 0.29) is 17.9 Å². The van der Waals surface area contributed by atoms with Crippen molar-refractivity contribution in [2.45, 2.75) is 6.61 Å². The molecule has 0 radical (unpaired) electrons. The molecule has 16 heavy (non-hydrogen) atoms. The third-order valence-electron chi connectivity index (χ3n) is 1.67. The highest BCUT2D eigenvalue weighted by Crippen LogP contribution is 2.15. The molecule has 0 atom stereocenters. The van der Waals surface area contributed by atoms with Gasteiger partial charge in [0, 0.05) is 5.56 Å². The summed E-state index contributed by atoms with van der Waals surface area (Å²) in [7, 11) is 0. The summed E-state index contributed by atoms with van der Waals surface area (Å²) in [6.07, 6.45) is 4.96. The van der Waals surface area contributed by atoms with Gasteiger partial charge < -0.3 is 10.1 Å². The lowest BCUT2D eigenvalue weighted by molar-refractivity contribution is -0.0498. The van der Waals surface area contributed by atoms with Crippen LogP contribution in [0.15, 0.2) is 24.3 Å². The number of carbonyl (C=O) groups excluding carboxylic acids is 1. The van der Waals surface area contributed by atoms with Gasteiger partial charge >= 0.3 is 6.61 Å². The lowest BCUT2D eigenvalue weighted by atomic mass is 10.2. The number of halogens is 2. The Morgan fingerprint density at radius 2 is 2.31 bits per heavy atom. The van der Waals surface area contributed by atoms with E-state index >= 15 is 0 Å². The number of alkyl halides is 2. The largest absolute Gasteiger partial charge is 0.435 e. The highest BCUT2D eigenvalue weighted by Gasteiger charge is 2.08. The van der Waals surface area contributed by atoms with Gasteiger partial charge in [0.1, 0.15) is 5.75 Å². The molecule has 0 fully saturated rings. The van der Waals surface area contributed by atoms with Gasteiger partial charge in [0.15, 0.2) is 0 Å². The van der Waals surface area contributed by atoms with E-state index in [2.05, 4.69) is 16.0 Å². The second-order valence-electron chi connectivity index (χ2n) is 2.79. The van der Waals surface area contributed by atoms with Crippen molar-refractivity contribution >= 4 is 5.91 Å². The van der Waals surface area contributed by atoms with Crippen molar-refractivity contribution in [1.29, 1.82) is 0 Å². The highest BCUT2D eigenvalue weighted by molar-refractivity contribution is 5.94. The van der Waals surface area contributed by atoms with E-state index in [9.17, 15) is 13.6 Å². The number of carbonyl (C=O) groups is 1. The summed E-state index contributed by atoms with van der Waals surface area (Å²) in [5.41, 5.74) is 0.216. The third kappa shape index (κ3) is 3.58. The summed E-state index contributed by atoms with van der Waals surface area (Å²) in [6.45, 7) is -2.83. The molecule has 0 aliphatic carbocycles. The molecule has 0 spiro atoms. The Morgan fingerprint density at radius 3 is 2.94 bits per heavy atom.